The van der Waals surface area contributed by atoms with Gasteiger partial charge in [0.2, 0.25) is 0 Å². The van der Waals surface area contributed by atoms with E-state index in [0.29, 0.717) is 21.4 Å². The van der Waals surface area contributed by atoms with Gasteiger partial charge in [0.15, 0.2) is 0 Å². The molecule has 0 spiro atoms. The molecule has 2 nitrogen and oxygen atoms in total. The van der Waals surface area contributed by atoms with Crippen LogP contribution >= 0.6 is 23.2 Å². The molecule has 2 aromatic rings. The van der Waals surface area contributed by atoms with Gasteiger partial charge in [0.1, 0.15) is 0 Å². The summed E-state index contributed by atoms with van der Waals surface area (Å²) in [7, 11) is 0. The minimum absolute atomic E-state index is 0.593. The van der Waals surface area contributed by atoms with E-state index in [2.05, 4.69) is 5.32 Å². The lowest BCUT2D eigenvalue weighted by Crippen LogP contribution is -1.96. The van der Waals surface area contributed by atoms with Gasteiger partial charge in [0.05, 0.1) is 16.4 Å². The zero-order valence-electron chi connectivity index (χ0n) is 8.37. The van der Waals surface area contributed by atoms with Crippen molar-refractivity contribution in [3.8, 4) is 0 Å². The van der Waals surface area contributed by atoms with E-state index in [1.807, 2.05) is 18.2 Å². The number of para-hydroxylation sites is 1. The molecule has 0 aliphatic rings. The van der Waals surface area contributed by atoms with Crippen LogP contribution < -0.4 is 11.1 Å². The minimum Gasteiger partial charge on any atom is -0.397 e. The van der Waals surface area contributed by atoms with Gasteiger partial charge in [-0.3, -0.25) is 0 Å². The van der Waals surface area contributed by atoms with E-state index in [0.717, 1.165) is 5.69 Å². The number of nitrogens with one attached hydrogen (secondary N) is 1. The Kier molecular flexibility index (Phi) is 3.22. The average molecular weight is 253 g/mol. The minimum atomic E-state index is 0.593. The Morgan fingerprint density at radius 1 is 0.938 bits per heavy atom. The summed E-state index contributed by atoms with van der Waals surface area (Å²) >= 11 is 11.8. The zero-order chi connectivity index (χ0) is 11.5. The molecule has 0 aliphatic heterocycles. The molecule has 0 aliphatic carbocycles. The fraction of sp³-hybridized carbons (Fsp3) is 0. The fourth-order valence-corrected chi connectivity index (χ4v) is 1.71. The number of benzene rings is 2. The van der Waals surface area contributed by atoms with E-state index >= 15 is 0 Å². The van der Waals surface area contributed by atoms with Gasteiger partial charge >= 0.3 is 0 Å². The van der Waals surface area contributed by atoms with Gasteiger partial charge in [-0.05, 0) is 36.4 Å². The second-order valence-corrected chi connectivity index (χ2v) is 4.18. The van der Waals surface area contributed by atoms with Crippen molar-refractivity contribution >= 4 is 40.3 Å². The lowest BCUT2D eigenvalue weighted by molar-refractivity contribution is 1.54. The molecule has 0 radical (unpaired) electrons. The molecular formula is C12H10Cl2N2. The van der Waals surface area contributed by atoms with Crippen LogP contribution in [0.15, 0.2) is 42.5 Å². The van der Waals surface area contributed by atoms with E-state index in [1.165, 1.54) is 0 Å². The zero-order valence-corrected chi connectivity index (χ0v) is 9.89. The maximum Gasteiger partial charge on any atom is 0.0807 e. The van der Waals surface area contributed by atoms with Crippen molar-refractivity contribution in [2.75, 3.05) is 11.1 Å². The van der Waals surface area contributed by atoms with E-state index in [9.17, 15) is 0 Å². The van der Waals surface area contributed by atoms with Crippen LogP contribution in [0.1, 0.15) is 0 Å². The van der Waals surface area contributed by atoms with Crippen LogP contribution in [0.3, 0.4) is 0 Å². The summed E-state index contributed by atoms with van der Waals surface area (Å²) in [6.45, 7) is 0. The third-order valence-corrected chi connectivity index (χ3v) is 2.73. The summed E-state index contributed by atoms with van der Waals surface area (Å²) in [5.74, 6) is 0. The van der Waals surface area contributed by atoms with Crippen LogP contribution in [0.5, 0.6) is 0 Å². The van der Waals surface area contributed by atoms with Crippen molar-refractivity contribution in [3.63, 3.8) is 0 Å². The highest BCUT2D eigenvalue weighted by Crippen LogP contribution is 2.31. The van der Waals surface area contributed by atoms with E-state index < -0.39 is 0 Å². The molecule has 0 fully saturated rings. The SMILES string of the molecule is Nc1cccc(Cl)c1Nc1ccc(Cl)cc1. The molecule has 2 rings (SSSR count). The molecule has 0 atom stereocenters. The van der Waals surface area contributed by atoms with Gasteiger partial charge in [-0.25, -0.2) is 0 Å². The van der Waals surface area contributed by atoms with Crippen molar-refractivity contribution in [2.45, 2.75) is 0 Å². The number of halogens is 2. The Labute approximate surface area is 104 Å². The maximum absolute atomic E-state index is 6.04. The Morgan fingerprint density at radius 3 is 2.25 bits per heavy atom. The number of hydrogen-bond donors (Lipinski definition) is 2. The third kappa shape index (κ3) is 2.40. The summed E-state index contributed by atoms with van der Waals surface area (Å²) in [6, 6.07) is 12.7. The molecule has 0 heterocycles. The smallest absolute Gasteiger partial charge is 0.0807 e. The lowest BCUT2D eigenvalue weighted by Gasteiger charge is -2.10. The highest BCUT2D eigenvalue weighted by molar-refractivity contribution is 6.34. The van der Waals surface area contributed by atoms with Crippen LogP contribution in [0, 0.1) is 0 Å². The highest BCUT2D eigenvalue weighted by atomic mass is 35.5. The molecule has 0 bridgehead atoms. The molecule has 4 heteroatoms. The Hall–Kier alpha value is -1.38. The van der Waals surface area contributed by atoms with Crippen LogP contribution in [0.25, 0.3) is 0 Å². The Balaban J connectivity index is 2.30. The Morgan fingerprint density at radius 2 is 1.62 bits per heavy atom. The molecule has 0 saturated carbocycles. The van der Waals surface area contributed by atoms with E-state index in [-0.39, 0.29) is 0 Å². The predicted octanol–water partition coefficient (Wildman–Crippen LogP) is 4.32. The summed E-state index contributed by atoms with van der Waals surface area (Å²) < 4.78 is 0. The number of nitrogens with two attached hydrogens (primary N) is 1. The van der Waals surface area contributed by atoms with Gasteiger partial charge < -0.3 is 11.1 Å². The molecule has 0 aromatic heterocycles. The first-order chi connectivity index (χ1) is 7.66. The topological polar surface area (TPSA) is 38.0 Å². The molecule has 3 N–H and O–H groups in total. The first-order valence-electron chi connectivity index (χ1n) is 4.73. The number of hydrogen-bond acceptors (Lipinski definition) is 2. The van der Waals surface area contributed by atoms with Crippen LogP contribution in [0.2, 0.25) is 10.0 Å². The van der Waals surface area contributed by atoms with Crippen LogP contribution in [0.4, 0.5) is 17.1 Å². The Bertz CT molecular complexity index is 475. The second-order valence-electron chi connectivity index (χ2n) is 3.34. The summed E-state index contributed by atoms with van der Waals surface area (Å²) in [4.78, 5) is 0. The molecule has 0 saturated heterocycles. The molecule has 16 heavy (non-hydrogen) atoms. The fourth-order valence-electron chi connectivity index (χ4n) is 1.35. The number of nitrogen functional groups attached to an aromatic ring is 1. The highest BCUT2D eigenvalue weighted by Gasteiger charge is 2.04. The molecular weight excluding hydrogens is 243 g/mol. The van der Waals surface area contributed by atoms with Crippen LogP contribution in [-0.4, -0.2) is 0 Å². The quantitative estimate of drug-likeness (QED) is 0.782. The van der Waals surface area contributed by atoms with Gasteiger partial charge in [-0.15, -0.1) is 0 Å². The second kappa shape index (κ2) is 4.64. The lowest BCUT2D eigenvalue weighted by atomic mass is 10.2. The largest absolute Gasteiger partial charge is 0.397 e. The van der Waals surface area contributed by atoms with Gasteiger partial charge in [0, 0.05) is 10.7 Å². The predicted molar refractivity (Wildman–Crippen MR) is 70.6 cm³/mol. The molecule has 0 amide bonds. The third-order valence-electron chi connectivity index (χ3n) is 2.16. The monoisotopic (exact) mass is 252 g/mol. The molecule has 82 valence electrons. The van der Waals surface area contributed by atoms with Crippen molar-refractivity contribution < 1.29 is 0 Å². The average Bonchev–Trinajstić information content (AvgIpc) is 2.26. The van der Waals surface area contributed by atoms with Crippen molar-refractivity contribution in [2.24, 2.45) is 0 Å². The standard InChI is InChI=1S/C12H10Cl2N2/c13-8-4-6-9(7-5-8)16-12-10(14)2-1-3-11(12)15/h1-7,16H,15H2. The molecule has 2 aromatic carbocycles. The van der Waals surface area contributed by atoms with E-state index in [1.54, 1.807) is 24.3 Å². The summed E-state index contributed by atoms with van der Waals surface area (Å²) in [5.41, 5.74) is 8.05. The van der Waals surface area contributed by atoms with Crippen LogP contribution in [-0.2, 0) is 0 Å². The number of rotatable bonds is 2. The summed E-state index contributed by atoms with van der Waals surface area (Å²) in [5, 5.41) is 4.44. The molecule has 0 unspecified atom stereocenters. The first-order valence-corrected chi connectivity index (χ1v) is 5.49. The normalized spacial score (nSPS) is 10.1. The first kappa shape index (κ1) is 11.1. The van der Waals surface area contributed by atoms with Gasteiger partial charge in [-0.2, -0.15) is 0 Å². The van der Waals surface area contributed by atoms with Crippen molar-refractivity contribution in [3.05, 3.63) is 52.5 Å². The van der Waals surface area contributed by atoms with Crippen molar-refractivity contribution in [1.29, 1.82) is 0 Å². The number of anilines is 3. The van der Waals surface area contributed by atoms with Gasteiger partial charge in [0.25, 0.3) is 0 Å². The summed E-state index contributed by atoms with van der Waals surface area (Å²) in [6.07, 6.45) is 0. The van der Waals surface area contributed by atoms with E-state index in [4.69, 9.17) is 28.9 Å². The van der Waals surface area contributed by atoms with Crippen molar-refractivity contribution in [1.82, 2.24) is 0 Å². The maximum atomic E-state index is 6.04. The van der Waals surface area contributed by atoms with Gasteiger partial charge in [-0.1, -0.05) is 29.3 Å².